The van der Waals surface area contributed by atoms with Gasteiger partial charge in [-0.05, 0) is 29.3 Å². The van der Waals surface area contributed by atoms with Gasteiger partial charge in [0.05, 0.1) is 26.2 Å². The molecule has 144 valence electrons. The molecule has 1 aliphatic rings. The van der Waals surface area contributed by atoms with Crippen LogP contribution in [0, 0.1) is 0 Å². The van der Waals surface area contributed by atoms with E-state index in [9.17, 15) is 9.59 Å². The minimum absolute atomic E-state index is 0.0652. The number of fused-ring (bicyclic) bond motifs is 1. The normalized spacial score (nSPS) is 15.1. The maximum atomic E-state index is 12.8. The number of nitrogens with zero attached hydrogens (tertiary/aromatic N) is 1. The molecule has 6 heteroatoms. The third kappa shape index (κ3) is 5.28. The molecular weight excluding hydrogens is 342 g/mol. The molecule has 1 saturated heterocycles. The lowest BCUT2D eigenvalue weighted by molar-refractivity contribution is -0.896. The fraction of sp³-hybridized carbons (Fsp3) is 0.429. The first-order valence-corrected chi connectivity index (χ1v) is 9.54. The van der Waals surface area contributed by atoms with E-state index >= 15 is 0 Å². The Morgan fingerprint density at radius 3 is 2.59 bits per heavy atom. The highest BCUT2D eigenvalue weighted by Gasteiger charge is 2.25. The number of quaternary nitrogens is 1. The van der Waals surface area contributed by atoms with E-state index in [1.54, 1.807) is 7.11 Å². The maximum absolute atomic E-state index is 12.8. The Morgan fingerprint density at radius 2 is 1.85 bits per heavy atom. The number of methoxy groups -OCH3 is 1. The summed E-state index contributed by atoms with van der Waals surface area (Å²) in [4.78, 5) is 27.9. The zero-order chi connectivity index (χ0) is 19.1. The van der Waals surface area contributed by atoms with E-state index in [-0.39, 0.29) is 11.8 Å². The minimum atomic E-state index is 0.0652. The van der Waals surface area contributed by atoms with E-state index in [0.717, 1.165) is 35.8 Å². The molecule has 1 aliphatic heterocycles. The number of ether oxygens (including phenoxy) is 1. The second-order valence-corrected chi connectivity index (χ2v) is 6.98. The van der Waals surface area contributed by atoms with Gasteiger partial charge in [0.2, 0.25) is 0 Å². The number of piperazine rings is 1. The predicted octanol–water partition coefficient (Wildman–Crippen LogP) is 0.333. The molecule has 2 aromatic rings. The van der Waals surface area contributed by atoms with Gasteiger partial charge in [0, 0.05) is 25.8 Å². The third-order valence-corrected chi connectivity index (χ3v) is 5.01. The van der Waals surface area contributed by atoms with Crippen molar-refractivity contribution in [3.05, 3.63) is 48.0 Å². The zero-order valence-corrected chi connectivity index (χ0v) is 15.9. The molecule has 0 spiro atoms. The average Bonchev–Trinajstić information content (AvgIpc) is 2.71. The van der Waals surface area contributed by atoms with Crippen molar-refractivity contribution in [3.63, 3.8) is 0 Å². The van der Waals surface area contributed by atoms with E-state index in [1.165, 1.54) is 4.90 Å². The smallest absolute Gasteiger partial charge is 0.275 e. The molecule has 0 bridgehead atoms. The zero-order valence-electron chi connectivity index (χ0n) is 15.9. The molecule has 0 aliphatic carbocycles. The Bertz CT molecular complexity index is 785. The second-order valence-electron chi connectivity index (χ2n) is 6.98. The van der Waals surface area contributed by atoms with Gasteiger partial charge in [-0.2, -0.15) is 0 Å². The minimum Gasteiger partial charge on any atom is -0.385 e. The standard InChI is InChI=1S/C21H27N3O3/c1-27-14-4-9-22-20(25)16-23-10-12-24(13-11-23)21(26)19-8-7-17-5-2-3-6-18(17)15-19/h2-3,5-8,15H,4,9-14,16H2,1H3,(H,22,25)/p+1. The van der Waals surface area contributed by atoms with Crippen LogP contribution >= 0.6 is 0 Å². The number of nitrogens with one attached hydrogen (secondary N) is 2. The monoisotopic (exact) mass is 370 g/mol. The first kappa shape index (κ1) is 19.3. The molecule has 0 atom stereocenters. The molecule has 2 N–H and O–H groups in total. The maximum Gasteiger partial charge on any atom is 0.275 e. The number of benzene rings is 2. The molecule has 0 aromatic heterocycles. The summed E-state index contributed by atoms with van der Waals surface area (Å²) in [6, 6.07) is 13.9. The van der Waals surface area contributed by atoms with Crippen LogP contribution in [0.2, 0.25) is 0 Å². The summed E-state index contributed by atoms with van der Waals surface area (Å²) in [5.74, 6) is 0.138. The lowest BCUT2D eigenvalue weighted by Crippen LogP contribution is -3.15. The van der Waals surface area contributed by atoms with Crippen LogP contribution in [0.3, 0.4) is 0 Å². The van der Waals surface area contributed by atoms with Gasteiger partial charge in [0.25, 0.3) is 11.8 Å². The molecule has 2 amide bonds. The Morgan fingerprint density at radius 1 is 1.11 bits per heavy atom. The predicted molar refractivity (Wildman–Crippen MR) is 105 cm³/mol. The second kappa shape index (κ2) is 9.48. The SMILES string of the molecule is COCCCNC(=O)C[NH+]1CCN(C(=O)c2ccc3ccccc3c2)CC1. The summed E-state index contributed by atoms with van der Waals surface area (Å²) < 4.78 is 4.97. The van der Waals surface area contributed by atoms with Gasteiger partial charge in [-0.25, -0.2) is 0 Å². The molecule has 0 saturated carbocycles. The quantitative estimate of drug-likeness (QED) is 0.691. The van der Waals surface area contributed by atoms with Crippen molar-refractivity contribution in [2.24, 2.45) is 0 Å². The summed E-state index contributed by atoms with van der Waals surface area (Å²) in [6.07, 6.45) is 0.825. The Kier molecular flexibility index (Phi) is 6.79. The van der Waals surface area contributed by atoms with Crippen molar-refractivity contribution in [2.45, 2.75) is 6.42 Å². The number of rotatable bonds is 7. The highest BCUT2D eigenvalue weighted by atomic mass is 16.5. The van der Waals surface area contributed by atoms with Gasteiger partial charge in [0.1, 0.15) is 0 Å². The molecule has 2 aromatic carbocycles. The molecule has 3 rings (SSSR count). The van der Waals surface area contributed by atoms with Crippen molar-refractivity contribution in [3.8, 4) is 0 Å². The molecule has 1 fully saturated rings. The van der Waals surface area contributed by atoms with Gasteiger partial charge in [-0.3, -0.25) is 9.59 Å². The average molecular weight is 370 g/mol. The van der Waals surface area contributed by atoms with E-state index in [0.29, 0.717) is 32.8 Å². The molecule has 6 nitrogen and oxygen atoms in total. The fourth-order valence-corrected chi connectivity index (χ4v) is 3.44. The molecule has 0 radical (unpaired) electrons. The van der Waals surface area contributed by atoms with Crippen molar-refractivity contribution >= 4 is 22.6 Å². The Labute approximate surface area is 160 Å². The van der Waals surface area contributed by atoms with E-state index in [1.807, 2.05) is 47.4 Å². The number of carbonyl (C=O) groups excluding carboxylic acids is 2. The van der Waals surface area contributed by atoms with Crippen LogP contribution in [-0.4, -0.2) is 69.7 Å². The first-order valence-electron chi connectivity index (χ1n) is 9.54. The van der Waals surface area contributed by atoms with Gasteiger partial charge < -0.3 is 19.9 Å². The largest absolute Gasteiger partial charge is 0.385 e. The fourth-order valence-electron chi connectivity index (χ4n) is 3.44. The van der Waals surface area contributed by atoms with Crippen LogP contribution in [0.5, 0.6) is 0 Å². The van der Waals surface area contributed by atoms with Crippen LogP contribution in [0.4, 0.5) is 0 Å². The van der Waals surface area contributed by atoms with Crippen LogP contribution in [0.1, 0.15) is 16.8 Å². The van der Waals surface area contributed by atoms with Crippen LogP contribution in [0.15, 0.2) is 42.5 Å². The highest BCUT2D eigenvalue weighted by molar-refractivity contribution is 5.98. The molecule has 27 heavy (non-hydrogen) atoms. The third-order valence-electron chi connectivity index (χ3n) is 5.01. The van der Waals surface area contributed by atoms with Gasteiger partial charge >= 0.3 is 0 Å². The van der Waals surface area contributed by atoms with Crippen molar-refractivity contribution in [1.29, 1.82) is 0 Å². The van der Waals surface area contributed by atoms with Crippen molar-refractivity contribution in [1.82, 2.24) is 10.2 Å². The number of hydrogen-bond donors (Lipinski definition) is 2. The number of amides is 2. The summed E-state index contributed by atoms with van der Waals surface area (Å²) in [7, 11) is 1.66. The van der Waals surface area contributed by atoms with Crippen LogP contribution in [0.25, 0.3) is 10.8 Å². The lowest BCUT2D eigenvalue weighted by Gasteiger charge is -2.32. The summed E-state index contributed by atoms with van der Waals surface area (Å²) >= 11 is 0. The Hall–Kier alpha value is -2.44. The molecule has 0 unspecified atom stereocenters. The molecular formula is C21H28N3O3+. The highest BCUT2D eigenvalue weighted by Crippen LogP contribution is 2.17. The van der Waals surface area contributed by atoms with E-state index in [4.69, 9.17) is 4.74 Å². The van der Waals surface area contributed by atoms with Crippen molar-refractivity contribution < 1.29 is 19.2 Å². The van der Waals surface area contributed by atoms with Gasteiger partial charge in [0.15, 0.2) is 6.54 Å². The first-order chi connectivity index (χ1) is 13.2. The summed E-state index contributed by atoms with van der Waals surface area (Å²) in [6.45, 7) is 4.71. The van der Waals surface area contributed by atoms with Crippen LogP contribution < -0.4 is 10.2 Å². The van der Waals surface area contributed by atoms with E-state index in [2.05, 4.69) is 5.32 Å². The molecule has 1 heterocycles. The summed E-state index contributed by atoms with van der Waals surface area (Å²) in [5.41, 5.74) is 0.730. The lowest BCUT2D eigenvalue weighted by atomic mass is 10.1. The van der Waals surface area contributed by atoms with Gasteiger partial charge in [-0.15, -0.1) is 0 Å². The van der Waals surface area contributed by atoms with Crippen molar-refractivity contribution in [2.75, 3.05) is 53.0 Å². The Balaban J connectivity index is 1.48. The van der Waals surface area contributed by atoms with Gasteiger partial charge in [-0.1, -0.05) is 30.3 Å². The number of hydrogen-bond acceptors (Lipinski definition) is 3. The topological polar surface area (TPSA) is 63.1 Å². The van der Waals surface area contributed by atoms with Crippen LogP contribution in [-0.2, 0) is 9.53 Å². The number of carbonyl (C=O) groups is 2. The summed E-state index contributed by atoms with van der Waals surface area (Å²) in [5, 5.41) is 5.14. The van der Waals surface area contributed by atoms with E-state index < -0.39 is 0 Å².